The van der Waals surface area contributed by atoms with Crippen LogP contribution in [-0.4, -0.2) is 10.7 Å². The van der Waals surface area contributed by atoms with Gasteiger partial charge in [0.05, 0.1) is 0 Å². The minimum absolute atomic E-state index is 0.560. The molecule has 0 saturated heterocycles. The summed E-state index contributed by atoms with van der Waals surface area (Å²) in [5, 5.41) is 9.83. The van der Waals surface area contributed by atoms with E-state index in [-0.39, 0.29) is 0 Å². The largest absolute Gasteiger partial charge is 0.381 e. The fourth-order valence-corrected chi connectivity index (χ4v) is 2.06. The van der Waals surface area contributed by atoms with Crippen molar-refractivity contribution in [1.82, 2.24) is 0 Å². The highest BCUT2D eigenvalue weighted by Gasteiger charge is 2.30. The molecule has 0 heterocycles. The van der Waals surface area contributed by atoms with E-state index in [4.69, 9.17) is 0 Å². The molecule has 0 aromatic rings. The highest BCUT2D eigenvalue weighted by atomic mass is 79.9. The minimum atomic E-state index is -0.799. The van der Waals surface area contributed by atoms with Gasteiger partial charge in [-0.05, 0) is 18.8 Å². The Kier molecular flexibility index (Phi) is 2.55. The van der Waals surface area contributed by atoms with Gasteiger partial charge < -0.3 is 5.11 Å². The van der Waals surface area contributed by atoms with Crippen LogP contribution in [0.2, 0.25) is 0 Å². The molecule has 0 spiro atoms. The maximum Gasteiger partial charge on any atom is 0.114 e. The van der Waals surface area contributed by atoms with Gasteiger partial charge in [-0.25, -0.2) is 0 Å². The predicted octanol–water partition coefficient (Wildman–Crippen LogP) is 2.61. The molecule has 1 aliphatic rings. The third-order valence-electron chi connectivity index (χ3n) is 2.16. The number of halogens is 1. The molecule has 11 heavy (non-hydrogen) atoms. The van der Waals surface area contributed by atoms with Crippen LogP contribution in [0.25, 0.3) is 0 Å². The lowest BCUT2D eigenvalue weighted by atomic mass is 9.86. The molecule has 0 fully saturated rings. The van der Waals surface area contributed by atoms with Crippen molar-refractivity contribution in [2.75, 3.05) is 0 Å². The predicted molar refractivity (Wildman–Crippen MR) is 50.6 cm³/mol. The van der Waals surface area contributed by atoms with Crippen molar-refractivity contribution < 1.29 is 5.11 Å². The molecule has 1 nitrogen and oxygen atoms in total. The van der Waals surface area contributed by atoms with Gasteiger partial charge in [-0.2, -0.15) is 0 Å². The van der Waals surface area contributed by atoms with Crippen LogP contribution in [0.15, 0.2) is 23.2 Å². The van der Waals surface area contributed by atoms with Gasteiger partial charge >= 0.3 is 0 Å². The normalized spacial score (nSPS) is 38.1. The first-order valence-electron chi connectivity index (χ1n) is 3.82. The molecule has 0 aromatic heterocycles. The molecule has 0 aliphatic heterocycles. The van der Waals surface area contributed by atoms with Crippen LogP contribution in [0.1, 0.15) is 19.8 Å². The summed E-state index contributed by atoms with van der Waals surface area (Å²) in [6, 6.07) is 0. The Morgan fingerprint density at radius 3 is 3.00 bits per heavy atom. The summed E-state index contributed by atoms with van der Waals surface area (Å²) in [5.41, 5.74) is -0.799. The molecule has 1 aliphatic carbocycles. The molecule has 0 bridgehead atoms. The summed E-state index contributed by atoms with van der Waals surface area (Å²) in [5.74, 6) is 0.560. The summed E-state index contributed by atoms with van der Waals surface area (Å²) in [6.45, 7) is 5.75. The molecule has 62 valence electrons. The van der Waals surface area contributed by atoms with Crippen LogP contribution >= 0.6 is 15.9 Å². The van der Waals surface area contributed by atoms with Crippen LogP contribution in [0.5, 0.6) is 0 Å². The van der Waals surface area contributed by atoms with Crippen LogP contribution in [0.4, 0.5) is 0 Å². The maximum absolute atomic E-state index is 9.83. The zero-order valence-electron chi connectivity index (χ0n) is 6.68. The Hall–Kier alpha value is -0.0800. The first kappa shape index (κ1) is 9.01. The van der Waals surface area contributed by atoms with Gasteiger partial charge in [0.15, 0.2) is 0 Å². The van der Waals surface area contributed by atoms with Crippen LogP contribution in [-0.2, 0) is 0 Å². The number of aliphatic hydroxyl groups is 1. The summed E-state index contributed by atoms with van der Waals surface area (Å²) in [4.78, 5) is 0. The summed E-state index contributed by atoms with van der Waals surface area (Å²) in [6.07, 6.45) is 5.44. The van der Waals surface area contributed by atoms with E-state index >= 15 is 0 Å². The number of allylic oxidation sites excluding steroid dienone is 1. The molecule has 2 heteroatoms. The molecule has 0 amide bonds. The van der Waals surface area contributed by atoms with Crippen molar-refractivity contribution in [2.45, 2.75) is 25.4 Å². The molecule has 1 N–H and O–H groups in total. The van der Waals surface area contributed by atoms with E-state index in [1.807, 2.05) is 6.08 Å². The Morgan fingerprint density at radius 2 is 2.55 bits per heavy atom. The molecule has 1 unspecified atom stereocenters. The van der Waals surface area contributed by atoms with E-state index in [2.05, 4.69) is 29.4 Å². The summed E-state index contributed by atoms with van der Waals surface area (Å²) >= 11 is 3.35. The van der Waals surface area contributed by atoms with Gasteiger partial charge in [-0.15, -0.1) is 0 Å². The molecule has 1 rings (SSSR count). The van der Waals surface area contributed by atoms with Gasteiger partial charge in [0.2, 0.25) is 0 Å². The van der Waals surface area contributed by atoms with E-state index in [1.165, 1.54) is 0 Å². The average molecular weight is 217 g/mol. The molecule has 0 radical (unpaired) electrons. The van der Waals surface area contributed by atoms with Crippen molar-refractivity contribution in [1.29, 1.82) is 0 Å². The van der Waals surface area contributed by atoms with Gasteiger partial charge in [0, 0.05) is 4.48 Å². The SMILES string of the molecule is C=CC1(O)CC[C@@H](C)C=C1Br. The molecule has 0 saturated carbocycles. The maximum atomic E-state index is 9.83. The third-order valence-corrected chi connectivity index (χ3v) is 3.11. The van der Waals surface area contributed by atoms with Crippen LogP contribution < -0.4 is 0 Å². The van der Waals surface area contributed by atoms with Crippen molar-refractivity contribution in [2.24, 2.45) is 5.92 Å². The lowest BCUT2D eigenvalue weighted by Crippen LogP contribution is -2.29. The van der Waals surface area contributed by atoms with Crippen molar-refractivity contribution in [3.8, 4) is 0 Å². The minimum Gasteiger partial charge on any atom is -0.381 e. The van der Waals surface area contributed by atoms with Crippen LogP contribution in [0.3, 0.4) is 0 Å². The second-order valence-corrected chi connectivity index (χ2v) is 4.01. The molecular weight excluding hydrogens is 204 g/mol. The molecule has 0 aromatic carbocycles. The zero-order valence-corrected chi connectivity index (χ0v) is 8.26. The average Bonchev–Trinajstić information content (AvgIpc) is 1.98. The van der Waals surface area contributed by atoms with Crippen molar-refractivity contribution >= 4 is 15.9 Å². The Balaban J connectivity index is 2.87. The fraction of sp³-hybridized carbons (Fsp3) is 0.556. The zero-order chi connectivity index (χ0) is 8.48. The van der Waals surface area contributed by atoms with Gasteiger partial charge in [-0.3, -0.25) is 0 Å². The van der Waals surface area contributed by atoms with E-state index in [9.17, 15) is 5.11 Å². The second-order valence-electron chi connectivity index (χ2n) is 3.16. The van der Waals surface area contributed by atoms with E-state index in [0.717, 1.165) is 17.3 Å². The molecule has 2 atom stereocenters. The number of hydrogen-bond acceptors (Lipinski definition) is 1. The topological polar surface area (TPSA) is 20.2 Å². The Labute approximate surface area is 75.9 Å². The molecular formula is C9H13BrO. The lowest BCUT2D eigenvalue weighted by molar-refractivity contribution is 0.116. The Morgan fingerprint density at radius 1 is 1.91 bits per heavy atom. The highest BCUT2D eigenvalue weighted by molar-refractivity contribution is 9.11. The van der Waals surface area contributed by atoms with Gasteiger partial charge in [0.25, 0.3) is 0 Å². The van der Waals surface area contributed by atoms with Gasteiger partial charge in [-0.1, -0.05) is 41.6 Å². The summed E-state index contributed by atoms with van der Waals surface area (Å²) in [7, 11) is 0. The highest BCUT2D eigenvalue weighted by Crippen LogP contribution is 2.35. The fourth-order valence-electron chi connectivity index (χ4n) is 1.24. The second kappa shape index (κ2) is 3.11. The lowest BCUT2D eigenvalue weighted by Gasteiger charge is -2.30. The third kappa shape index (κ3) is 1.74. The quantitative estimate of drug-likeness (QED) is 0.669. The monoisotopic (exact) mass is 216 g/mol. The van der Waals surface area contributed by atoms with Crippen molar-refractivity contribution in [3.05, 3.63) is 23.2 Å². The van der Waals surface area contributed by atoms with Crippen molar-refractivity contribution in [3.63, 3.8) is 0 Å². The van der Waals surface area contributed by atoms with Crippen LogP contribution in [0, 0.1) is 5.92 Å². The first-order chi connectivity index (χ1) is 5.08. The van der Waals surface area contributed by atoms with E-state index in [1.54, 1.807) is 6.08 Å². The smallest absolute Gasteiger partial charge is 0.114 e. The summed E-state index contributed by atoms with van der Waals surface area (Å²) < 4.78 is 0.860. The Bertz CT molecular complexity index is 198. The van der Waals surface area contributed by atoms with E-state index in [0.29, 0.717) is 5.92 Å². The van der Waals surface area contributed by atoms with Gasteiger partial charge in [0.1, 0.15) is 5.60 Å². The first-order valence-corrected chi connectivity index (χ1v) is 4.61. The number of rotatable bonds is 1. The standard InChI is InChI=1S/C9H13BrO/c1-3-9(11)5-4-7(2)6-8(9)10/h3,6-7,11H,1,4-5H2,2H3/t7-,9?/m1/s1. The van der Waals surface area contributed by atoms with E-state index < -0.39 is 5.60 Å². The number of hydrogen-bond donors (Lipinski definition) is 1.